The molecule has 1 N–H and O–H groups in total. The third kappa shape index (κ3) is 2.54. The van der Waals surface area contributed by atoms with Gasteiger partial charge in [-0.2, -0.15) is 5.26 Å². The van der Waals surface area contributed by atoms with Crippen molar-refractivity contribution in [3.63, 3.8) is 0 Å². The van der Waals surface area contributed by atoms with E-state index in [1.165, 1.54) is 0 Å². The summed E-state index contributed by atoms with van der Waals surface area (Å²) >= 11 is 0. The predicted octanol–water partition coefficient (Wildman–Crippen LogP) is 2.30. The van der Waals surface area contributed by atoms with Gasteiger partial charge >= 0.3 is 0 Å². The molecule has 2 heteroatoms. The molecule has 0 spiro atoms. The van der Waals surface area contributed by atoms with Crippen molar-refractivity contribution >= 4 is 5.69 Å². The highest BCUT2D eigenvalue weighted by molar-refractivity contribution is 5.55. The molecule has 0 aliphatic carbocycles. The first-order valence-electron chi connectivity index (χ1n) is 4.46. The third-order valence-electron chi connectivity index (χ3n) is 1.95. The molecule has 0 aliphatic rings. The van der Waals surface area contributed by atoms with Gasteiger partial charge in [0.05, 0.1) is 11.6 Å². The van der Waals surface area contributed by atoms with Crippen molar-refractivity contribution in [1.29, 1.82) is 5.26 Å². The SMILES string of the molecule is C#CCCNc1cc(C#N)ccc1C. The fourth-order valence-corrected chi connectivity index (χ4v) is 1.15. The zero-order valence-electron chi connectivity index (χ0n) is 8.17. The van der Waals surface area contributed by atoms with Crippen LogP contribution in [0, 0.1) is 30.6 Å². The Hall–Kier alpha value is -1.93. The van der Waals surface area contributed by atoms with Crippen LogP contribution in [0.2, 0.25) is 0 Å². The van der Waals surface area contributed by atoms with Crippen LogP contribution in [0.1, 0.15) is 17.5 Å². The molecule has 0 bridgehead atoms. The van der Waals surface area contributed by atoms with Crippen molar-refractivity contribution in [1.82, 2.24) is 0 Å². The molecular formula is C12H12N2. The van der Waals surface area contributed by atoms with E-state index in [-0.39, 0.29) is 0 Å². The van der Waals surface area contributed by atoms with Gasteiger partial charge in [0.15, 0.2) is 0 Å². The van der Waals surface area contributed by atoms with Crippen LogP contribution in [0.5, 0.6) is 0 Å². The molecule has 70 valence electrons. The van der Waals surface area contributed by atoms with Crippen LogP contribution in [0.4, 0.5) is 5.69 Å². The summed E-state index contributed by atoms with van der Waals surface area (Å²) in [6.07, 6.45) is 5.84. The average molecular weight is 184 g/mol. The van der Waals surface area contributed by atoms with E-state index in [1.807, 2.05) is 25.1 Å². The van der Waals surface area contributed by atoms with Crippen LogP contribution >= 0.6 is 0 Å². The fraction of sp³-hybridized carbons (Fsp3) is 0.250. The molecule has 0 aromatic heterocycles. The molecule has 1 rings (SSSR count). The highest BCUT2D eigenvalue weighted by Crippen LogP contribution is 2.15. The molecule has 0 fully saturated rings. The van der Waals surface area contributed by atoms with Gasteiger partial charge in [-0.3, -0.25) is 0 Å². The minimum atomic E-state index is 0.666. The van der Waals surface area contributed by atoms with Crippen LogP contribution in [0.25, 0.3) is 0 Å². The summed E-state index contributed by atoms with van der Waals surface area (Å²) < 4.78 is 0. The summed E-state index contributed by atoms with van der Waals surface area (Å²) in [5.41, 5.74) is 2.78. The lowest BCUT2D eigenvalue weighted by Crippen LogP contribution is -2.02. The number of anilines is 1. The fourth-order valence-electron chi connectivity index (χ4n) is 1.15. The average Bonchev–Trinajstić information content (AvgIpc) is 2.21. The van der Waals surface area contributed by atoms with Gasteiger partial charge in [0.2, 0.25) is 0 Å². The maximum Gasteiger partial charge on any atom is 0.0992 e. The van der Waals surface area contributed by atoms with E-state index in [4.69, 9.17) is 11.7 Å². The smallest absolute Gasteiger partial charge is 0.0992 e. The molecule has 0 saturated carbocycles. The molecule has 0 radical (unpaired) electrons. The lowest BCUT2D eigenvalue weighted by molar-refractivity contribution is 1.09. The zero-order chi connectivity index (χ0) is 10.4. The Morgan fingerprint density at radius 2 is 2.29 bits per heavy atom. The summed E-state index contributed by atoms with van der Waals surface area (Å²) in [6, 6.07) is 7.68. The molecule has 1 aromatic carbocycles. The molecular weight excluding hydrogens is 172 g/mol. The maximum absolute atomic E-state index is 8.71. The largest absolute Gasteiger partial charge is 0.384 e. The van der Waals surface area contributed by atoms with E-state index in [0.717, 1.165) is 17.8 Å². The number of terminal acetylenes is 1. The van der Waals surface area contributed by atoms with Gasteiger partial charge in [0.1, 0.15) is 0 Å². The van der Waals surface area contributed by atoms with E-state index in [9.17, 15) is 0 Å². The topological polar surface area (TPSA) is 35.8 Å². The summed E-state index contributed by atoms with van der Waals surface area (Å²) in [5, 5.41) is 11.9. The van der Waals surface area contributed by atoms with Crippen molar-refractivity contribution in [2.75, 3.05) is 11.9 Å². The van der Waals surface area contributed by atoms with Crippen molar-refractivity contribution in [3.8, 4) is 18.4 Å². The van der Waals surface area contributed by atoms with Gasteiger partial charge in [-0.1, -0.05) is 6.07 Å². The Balaban J connectivity index is 2.76. The van der Waals surface area contributed by atoms with Crippen molar-refractivity contribution < 1.29 is 0 Å². The van der Waals surface area contributed by atoms with Crippen molar-refractivity contribution in [2.24, 2.45) is 0 Å². The van der Waals surface area contributed by atoms with E-state index in [2.05, 4.69) is 17.3 Å². The highest BCUT2D eigenvalue weighted by atomic mass is 14.9. The minimum Gasteiger partial charge on any atom is -0.384 e. The first kappa shape index (κ1) is 10.2. The molecule has 1 aromatic rings. The molecule has 14 heavy (non-hydrogen) atoms. The Morgan fingerprint density at radius 1 is 1.50 bits per heavy atom. The maximum atomic E-state index is 8.71. The van der Waals surface area contributed by atoms with Gasteiger partial charge < -0.3 is 5.32 Å². The molecule has 0 aliphatic heterocycles. The van der Waals surface area contributed by atoms with Gasteiger partial charge in [-0.05, 0) is 24.6 Å². The van der Waals surface area contributed by atoms with E-state index in [0.29, 0.717) is 12.0 Å². The summed E-state index contributed by atoms with van der Waals surface area (Å²) in [4.78, 5) is 0. The normalized spacial score (nSPS) is 8.79. The number of nitrogens with zero attached hydrogens (tertiary/aromatic N) is 1. The van der Waals surface area contributed by atoms with Crippen molar-refractivity contribution in [2.45, 2.75) is 13.3 Å². The Morgan fingerprint density at radius 3 is 2.93 bits per heavy atom. The van der Waals surface area contributed by atoms with Crippen LogP contribution in [0.15, 0.2) is 18.2 Å². The second-order valence-corrected chi connectivity index (χ2v) is 3.02. The Labute approximate surface area is 84.6 Å². The second-order valence-electron chi connectivity index (χ2n) is 3.02. The number of rotatable bonds is 3. The van der Waals surface area contributed by atoms with Crippen LogP contribution in [0.3, 0.4) is 0 Å². The van der Waals surface area contributed by atoms with Gasteiger partial charge in [0.25, 0.3) is 0 Å². The van der Waals surface area contributed by atoms with Crippen LogP contribution < -0.4 is 5.32 Å². The molecule has 0 heterocycles. The Bertz CT molecular complexity index is 394. The summed E-state index contributed by atoms with van der Waals surface area (Å²) in [6.45, 7) is 2.74. The molecule has 0 saturated heterocycles. The van der Waals surface area contributed by atoms with E-state index >= 15 is 0 Å². The molecule has 0 amide bonds. The molecule has 2 nitrogen and oxygen atoms in total. The van der Waals surface area contributed by atoms with E-state index < -0.39 is 0 Å². The number of hydrogen-bond acceptors (Lipinski definition) is 2. The predicted molar refractivity (Wildman–Crippen MR) is 57.8 cm³/mol. The minimum absolute atomic E-state index is 0.666. The lowest BCUT2D eigenvalue weighted by atomic mass is 10.1. The molecule has 0 atom stereocenters. The quantitative estimate of drug-likeness (QED) is 0.578. The number of nitrogens with one attached hydrogen (secondary N) is 1. The standard InChI is InChI=1S/C12H12N2/c1-3-4-7-14-12-8-11(9-13)6-5-10(12)2/h1,5-6,8,14H,4,7H2,2H3. The first-order valence-corrected chi connectivity index (χ1v) is 4.46. The van der Waals surface area contributed by atoms with Gasteiger partial charge in [0, 0.05) is 18.7 Å². The van der Waals surface area contributed by atoms with Gasteiger partial charge in [-0.15, -0.1) is 12.3 Å². The summed E-state index contributed by atoms with van der Waals surface area (Å²) in [5.74, 6) is 2.56. The van der Waals surface area contributed by atoms with Crippen molar-refractivity contribution in [3.05, 3.63) is 29.3 Å². The van der Waals surface area contributed by atoms with Crippen LogP contribution in [-0.4, -0.2) is 6.54 Å². The second kappa shape index (κ2) is 4.94. The summed E-state index contributed by atoms with van der Waals surface area (Å²) in [7, 11) is 0. The van der Waals surface area contributed by atoms with Gasteiger partial charge in [-0.25, -0.2) is 0 Å². The zero-order valence-corrected chi connectivity index (χ0v) is 8.17. The number of benzene rings is 1. The van der Waals surface area contributed by atoms with Crippen LogP contribution in [-0.2, 0) is 0 Å². The van der Waals surface area contributed by atoms with E-state index in [1.54, 1.807) is 0 Å². The number of aryl methyl sites for hydroxylation is 1. The first-order chi connectivity index (χ1) is 6.77. The number of hydrogen-bond donors (Lipinski definition) is 1. The highest BCUT2D eigenvalue weighted by Gasteiger charge is 1.98. The third-order valence-corrected chi connectivity index (χ3v) is 1.95. The Kier molecular flexibility index (Phi) is 3.58. The lowest BCUT2D eigenvalue weighted by Gasteiger charge is -2.07. The monoisotopic (exact) mass is 184 g/mol. The number of nitriles is 1. The molecule has 0 unspecified atom stereocenters.